The number of aliphatic hydroxyl groups is 1. The van der Waals surface area contributed by atoms with Gasteiger partial charge < -0.3 is 14.7 Å². The number of piperidine rings is 2. The summed E-state index contributed by atoms with van der Waals surface area (Å²) in [5, 5.41) is 10.6. The number of imide groups is 1. The maximum absolute atomic E-state index is 13.1. The molecule has 0 spiro atoms. The number of carbonyl (C=O) groups excluding carboxylic acids is 3. The SMILES string of the molecule is CCCCN1C(=O)[C@@H]2CC[C@H]1[C@H]1C(=O)N(C(=O)OC(C)(C)C)[C@@H]2C[C@H]1O. The van der Waals surface area contributed by atoms with Crippen molar-refractivity contribution in [3.05, 3.63) is 0 Å². The zero-order valence-corrected chi connectivity index (χ0v) is 16.1. The van der Waals surface area contributed by atoms with E-state index in [1.807, 2.05) is 0 Å². The maximum Gasteiger partial charge on any atom is 0.417 e. The second-order valence-corrected chi connectivity index (χ2v) is 8.72. The molecule has 3 amide bonds. The highest BCUT2D eigenvalue weighted by atomic mass is 16.6. The van der Waals surface area contributed by atoms with Crippen LogP contribution < -0.4 is 0 Å². The summed E-state index contributed by atoms with van der Waals surface area (Å²) in [5.74, 6) is -1.58. The van der Waals surface area contributed by atoms with E-state index in [0.717, 1.165) is 17.7 Å². The lowest BCUT2D eigenvalue weighted by Crippen LogP contribution is -2.70. The van der Waals surface area contributed by atoms with Gasteiger partial charge in [-0.1, -0.05) is 13.3 Å². The van der Waals surface area contributed by atoms with Crippen molar-refractivity contribution in [2.75, 3.05) is 6.54 Å². The number of nitrogens with zero attached hydrogens (tertiary/aromatic N) is 2. The molecule has 7 nitrogen and oxygen atoms in total. The topological polar surface area (TPSA) is 87.2 Å². The Morgan fingerprint density at radius 2 is 1.88 bits per heavy atom. The van der Waals surface area contributed by atoms with Gasteiger partial charge in [-0.2, -0.15) is 0 Å². The van der Waals surface area contributed by atoms with Crippen molar-refractivity contribution in [3.8, 4) is 0 Å². The number of rotatable bonds is 3. The molecule has 5 heterocycles. The van der Waals surface area contributed by atoms with Crippen molar-refractivity contribution in [1.29, 1.82) is 0 Å². The van der Waals surface area contributed by atoms with Gasteiger partial charge in [-0.05, 0) is 46.5 Å². The Balaban J connectivity index is 1.95. The summed E-state index contributed by atoms with van der Waals surface area (Å²) in [4.78, 5) is 41.8. The van der Waals surface area contributed by atoms with Crippen LogP contribution in [0, 0.1) is 11.8 Å². The van der Waals surface area contributed by atoms with Gasteiger partial charge in [0.25, 0.3) is 0 Å². The van der Waals surface area contributed by atoms with E-state index in [1.165, 1.54) is 0 Å². The van der Waals surface area contributed by atoms with E-state index in [0.29, 0.717) is 19.4 Å². The summed E-state index contributed by atoms with van der Waals surface area (Å²) in [6.07, 6.45) is 1.90. The second-order valence-electron chi connectivity index (χ2n) is 8.72. The summed E-state index contributed by atoms with van der Waals surface area (Å²) in [6, 6.07) is -0.958. The molecule has 6 rings (SSSR count). The molecule has 5 saturated heterocycles. The van der Waals surface area contributed by atoms with Crippen molar-refractivity contribution in [1.82, 2.24) is 9.80 Å². The van der Waals surface area contributed by atoms with Gasteiger partial charge in [0.05, 0.1) is 24.0 Å². The van der Waals surface area contributed by atoms with Crippen LogP contribution in [-0.2, 0) is 14.3 Å². The lowest BCUT2D eigenvalue weighted by Gasteiger charge is -2.54. The van der Waals surface area contributed by atoms with Crippen LogP contribution in [0.25, 0.3) is 0 Å². The molecule has 0 radical (unpaired) electrons. The summed E-state index contributed by atoms with van der Waals surface area (Å²) >= 11 is 0. The third kappa shape index (κ3) is 3.21. The second kappa shape index (κ2) is 6.83. The molecular formula is C19H30N2O5. The molecule has 0 aromatic heterocycles. The van der Waals surface area contributed by atoms with Crippen molar-refractivity contribution >= 4 is 17.9 Å². The molecule has 5 atom stereocenters. The minimum Gasteiger partial charge on any atom is -0.443 e. The fraction of sp³-hybridized carbons (Fsp3) is 0.842. The molecule has 0 aromatic carbocycles. The van der Waals surface area contributed by atoms with Gasteiger partial charge in [0.15, 0.2) is 0 Å². The van der Waals surface area contributed by atoms with Gasteiger partial charge in [0.1, 0.15) is 5.60 Å². The molecule has 26 heavy (non-hydrogen) atoms. The highest BCUT2D eigenvalue weighted by molar-refractivity contribution is 5.97. The average molecular weight is 366 g/mol. The molecule has 0 unspecified atom stereocenters. The summed E-state index contributed by atoms with van der Waals surface area (Å²) < 4.78 is 5.43. The maximum atomic E-state index is 13.1. The Morgan fingerprint density at radius 1 is 1.19 bits per heavy atom. The molecule has 6 fully saturated rings. The number of aliphatic hydroxyl groups excluding tert-OH is 1. The lowest BCUT2D eigenvalue weighted by atomic mass is 9.69. The van der Waals surface area contributed by atoms with Crippen LogP contribution in [0.1, 0.15) is 59.8 Å². The summed E-state index contributed by atoms with van der Waals surface area (Å²) in [5.41, 5.74) is -0.728. The molecular weight excluding hydrogens is 336 g/mol. The molecule has 5 aliphatic heterocycles. The first-order valence-electron chi connectivity index (χ1n) is 9.70. The van der Waals surface area contributed by atoms with Gasteiger partial charge in [0.2, 0.25) is 11.8 Å². The number of unbranched alkanes of at least 4 members (excludes halogenated alkanes) is 1. The smallest absolute Gasteiger partial charge is 0.417 e. The van der Waals surface area contributed by atoms with E-state index in [9.17, 15) is 19.5 Å². The minimum atomic E-state index is -0.823. The van der Waals surface area contributed by atoms with Gasteiger partial charge >= 0.3 is 6.09 Å². The van der Waals surface area contributed by atoms with Crippen LogP contribution in [0.3, 0.4) is 0 Å². The van der Waals surface area contributed by atoms with Crippen molar-refractivity contribution in [2.24, 2.45) is 11.8 Å². The van der Waals surface area contributed by atoms with Crippen LogP contribution in [0.5, 0.6) is 0 Å². The normalized spacial score (nSPS) is 34.1. The predicted octanol–water partition coefficient (Wildman–Crippen LogP) is 1.92. The van der Waals surface area contributed by atoms with Crippen molar-refractivity contribution < 1.29 is 24.2 Å². The summed E-state index contributed by atoms with van der Waals surface area (Å²) in [6.45, 7) is 7.90. The zero-order valence-electron chi connectivity index (χ0n) is 16.1. The van der Waals surface area contributed by atoms with E-state index in [4.69, 9.17) is 4.74 Å². The Bertz CT molecular complexity index is 599. The van der Waals surface area contributed by atoms with Gasteiger partial charge in [-0.25, -0.2) is 9.69 Å². The monoisotopic (exact) mass is 366 g/mol. The van der Waals surface area contributed by atoms with Crippen molar-refractivity contribution in [3.63, 3.8) is 0 Å². The number of ether oxygens (including phenoxy) is 1. The molecule has 1 N–H and O–H groups in total. The van der Waals surface area contributed by atoms with E-state index in [2.05, 4.69) is 6.92 Å². The molecule has 1 aliphatic carbocycles. The Hall–Kier alpha value is -1.63. The number of carbonyl (C=O) groups is 3. The summed E-state index contributed by atoms with van der Waals surface area (Å²) in [7, 11) is 0. The van der Waals surface area contributed by atoms with Gasteiger partial charge in [-0.3, -0.25) is 9.59 Å². The van der Waals surface area contributed by atoms with E-state index >= 15 is 0 Å². The van der Waals surface area contributed by atoms with Crippen LogP contribution in [0.2, 0.25) is 0 Å². The Labute approximate surface area is 154 Å². The van der Waals surface area contributed by atoms with E-state index in [1.54, 1.807) is 25.7 Å². The number of hydrogen-bond donors (Lipinski definition) is 1. The third-order valence-corrected chi connectivity index (χ3v) is 5.75. The molecule has 146 valence electrons. The van der Waals surface area contributed by atoms with Gasteiger partial charge in [0, 0.05) is 12.6 Å². The first kappa shape index (κ1) is 19.1. The Morgan fingerprint density at radius 3 is 2.50 bits per heavy atom. The molecule has 7 heteroatoms. The number of amides is 3. The molecule has 1 saturated carbocycles. The zero-order chi connectivity index (χ0) is 19.2. The highest BCUT2D eigenvalue weighted by Crippen LogP contribution is 2.44. The quantitative estimate of drug-likeness (QED) is 0.824. The fourth-order valence-corrected chi connectivity index (χ4v) is 4.63. The van der Waals surface area contributed by atoms with Crippen LogP contribution >= 0.6 is 0 Å². The first-order valence-corrected chi connectivity index (χ1v) is 9.70. The average Bonchev–Trinajstić information content (AvgIpc) is 2.50. The standard InChI is InChI=1S/C19H30N2O5/c1-5-6-9-20-12-8-7-11(16(20)23)13-10-14(22)15(12)17(24)21(13)18(25)26-19(2,3)4/h11-15,22H,5-10H2,1-4H3/t11-,12+,13-,14-,15-/m1/s1. The highest BCUT2D eigenvalue weighted by Gasteiger charge is 2.58. The molecule has 6 aliphatic rings. The minimum absolute atomic E-state index is 0.0117. The third-order valence-electron chi connectivity index (χ3n) is 5.75. The van der Waals surface area contributed by atoms with Crippen LogP contribution in [0.4, 0.5) is 4.79 Å². The fourth-order valence-electron chi connectivity index (χ4n) is 4.63. The predicted molar refractivity (Wildman–Crippen MR) is 94.1 cm³/mol. The molecule has 0 aromatic rings. The number of hydrogen-bond acceptors (Lipinski definition) is 5. The largest absolute Gasteiger partial charge is 0.443 e. The van der Waals surface area contributed by atoms with E-state index in [-0.39, 0.29) is 18.4 Å². The van der Waals surface area contributed by atoms with Gasteiger partial charge in [-0.15, -0.1) is 0 Å². The van der Waals surface area contributed by atoms with Crippen LogP contribution in [0.15, 0.2) is 0 Å². The first-order chi connectivity index (χ1) is 12.2. The molecule has 4 bridgehead atoms. The Kier molecular flexibility index (Phi) is 5.03. The lowest BCUT2D eigenvalue weighted by molar-refractivity contribution is -0.174. The van der Waals surface area contributed by atoms with Crippen LogP contribution in [-0.4, -0.2) is 63.1 Å². The van der Waals surface area contributed by atoms with Crippen molar-refractivity contribution in [2.45, 2.75) is 83.6 Å². The van der Waals surface area contributed by atoms with E-state index < -0.39 is 41.6 Å².